The van der Waals surface area contributed by atoms with Gasteiger partial charge in [-0.3, -0.25) is 4.99 Å². The summed E-state index contributed by atoms with van der Waals surface area (Å²) in [6.45, 7) is 6.04. The minimum Gasteiger partial charge on any atom is -0.357 e. The number of sulfonamides is 1. The van der Waals surface area contributed by atoms with E-state index >= 15 is 0 Å². The van der Waals surface area contributed by atoms with Crippen LogP contribution in [0.25, 0.3) is 0 Å². The van der Waals surface area contributed by atoms with Gasteiger partial charge in [0.15, 0.2) is 5.96 Å². The molecule has 6 nitrogen and oxygen atoms in total. The van der Waals surface area contributed by atoms with Crippen molar-refractivity contribution in [1.82, 2.24) is 15.4 Å². The number of hydrogen-bond donors (Lipinski definition) is 3. The lowest BCUT2D eigenvalue weighted by Gasteiger charge is -2.09. The SMILES string of the molecule is CCNC(=NCCNS(=O)(=O)c1ccc(Cl)s1)NCC. The molecular weight excluding hydrogens is 320 g/mol. The van der Waals surface area contributed by atoms with Crippen molar-refractivity contribution in [2.75, 3.05) is 26.2 Å². The van der Waals surface area contributed by atoms with Crippen LogP contribution in [0.15, 0.2) is 21.3 Å². The highest BCUT2D eigenvalue weighted by molar-refractivity contribution is 7.91. The van der Waals surface area contributed by atoms with E-state index in [0.29, 0.717) is 16.8 Å². The van der Waals surface area contributed by atoms with E-state index in [1.807, 2.05) is 13.8 Å². The molecule has 0 saturated heterocycles. The number of nitrogens with zero attached hydrogens (tertiary/aromatic N) is 1. The smallest absolute Gasteiger partial charge is 0.250 e. The van der Waals surface area contributed by atoms with Gasteiger partial charge in [0.25, 0.3) is 0 Å². The van der Waals surface area contributed by atoms with Gasteiger partial charge in [0.1, 0.15) is 4.21 Å². The van der Waals surface area contributed by atoms with E-state index in [1.165, 1.54) is 6.07 Å². The first-order chi connectivity index (χ1) is 9.49. The van der Waals surface area contributed by atoms with E-state index in [2.05, 4.69) is 20.3 Å². The number of halogens is 1. The van der Waals surface area contributed by atoms with Gasteiger partial charge in [-0.05, 0) is 26.0 Å². The lowest BCUT2D eigenvalue weighted by Crippen LogP contribution is -2.37. The molecule has 0 unspecified atom stereocenters. The van der Waals surface area contributed by atoms with Crippen LogP contribution in [0.2, 0.25) is 4.34 Å². The van der Waals surface area contributed by atoms with Crippen LogP contribution < -0.4 is 15.4 Å². The molecule has 9 heteroatoms. The van der Waals surface area contributed by atoms with E-state index in [-0.39, 0.29) is 10.8 Å². The second-order valence-electron chi connectivity index (χ2n) is 3.75. The van der Waals surface area contributed by atoms with Crippen LogP contribution in [0.5, 0.6) is 0 Å². The molecule has 3 N–H and O–H groups in total. The first-order valence-electron chi connectivity index (χ1n) is 6.26. The molecule has 0 bridgehead atoms. The molecule has 0 aromatic carbocycles. The van der Waals surface area contributed by atoms with Gasteiger partial charge in [-0.25, -0.2) is 13.1 Å². The molecule has 1 aromatic heterocycles. The van der Waals surface area contributed by atoms with Crippen molar-refractivity contribution in [3.63, 3.8) is 0 Å². The molecule has 0 aliphatic heterocycles. The van der Waals surface area contributed by atoms with E-state index in [4.69, 9.17) is 11.6 Å². The summed E-state index contributed by atoms with van der Waals surface area (Å²) < 4.78 is 27.0. The second-order valence-corrected chi connectivity index (χ2v) is 7.46. The van der Waals surface area contributed by atoms with Crippen molar-refractivity contribution in [2.45, 2.75) is 18.1 Å². The number of rotatable bonds is 7. The molecule has 1 rings (SSSR count). The van der Waals surface area contributed by atoms with Gasteiger partial charge in [0.05, 0.1) is 10.9 Å². The Morgan fingerprint density at radius 2 is 1.95 bits per heavy atom. The van der Waals surface area contributed by atoms with Crippen LogP contribution >= 0.6 is 22.9 Å². The summed E-state index contributed by atoms with van der Waals surface area (Å²) in [6, 6.07) is 3.05. The second kappa shape index (κ2) is 8.46. The lowest BCUT2D eigenvalue weighted by atomic mass is 10.6. The van der Waals surface area contributed by atoms with E-state index in [0.717, 1.165) is 24.4 Å². The van der Waals surface area contributed by atoms with E-state index < -0.39 is 10.0 Å². The largest absolute Gasteiger partial charge is 0.357 e. The Morgan fingerprint density at radius 1 is 1.30 bits per heavy atom. The van der Waals surface area contributed by atoms with Crippen molar-refractivity contribution in [2.24, 2.45) is 4.99 Å². The summed E-state index contributed by atoms with van der Waals surface area (Å²) in [5.41, 5.74) is 0. The van der Waals surface area contributed by atoms with Crippen LogP contribution in [0.4, 0.5) is 0 Å². The molecule has 0 saturated carbocycles. The first-order valence-corrected chi connectivity index (χ1v) is 8.94. The molecule has 114 valence electrons. The molecule has 20 heavy (non-hydrogen) atoms. The highest BCUT2D eigenvalue weighted by Crippen LogP contribution is 2.25. The zero-order chi connectivity index (χ0) is 15.0. The Labute approximate surface area is 128 Å². The van der Waals surface area contributed by atoms with E-state index in [1.54, 1.807) is 6.07 Å². The summed E-state index contributed by atoms with van der Waals surface area (Å²) in [5, 5.41) is 6.12. The van der Waals surface area contributed by atoms with Crippen LogP contribution in [0.3, 0.4) is 0 Å². The number of aliphatic imine (C=N–C) groups is 1. The number of nitrogens with one attached hydrogen (secondary N) is 3. The van der Waals surface area contributed by atoms with Crippen molar-refractivity contribution in [1.29, 1.82) is 0 Å². The predicted octanol–water partition coefficient (Wildman–Crippen LogP) is 1.25. The third kappa shape index (κ3) is 5.66. The maximum Gasteiger partial charge on any atom is 0.250 e. The van der Waals surface area contributed by atoms with Crippen LogP contribution in [0.1, 0.15) is 13.8 Å². The zero-order valence-electron chi connectivity index (χ0n) is 11.4. The molecule has 0 amide bonds. The topological polar surface area (TPSA) is 82.6 Å². The average Bonchev–Trinajstić information content (AvgIpc) is 2.82. The van der Waals surface area contributed by atoms with Crippen molar-refractivity contribution in [3.05, 3.63) is 16.5 Å². The van der Waals surface area contributed by atoms with Crippen LogP contribution in [0, 0.1) is 0 Å². The van der Waals surface area contributed by atoms with Gasteiger partial charge >= 0.3 is 0 Å². The average molecular weight is 339 g/mol. The van der Waals surface area contributed by atoms with Crippen molar-refractivity contribution in [3.8, 4) is 0 Å². The monoisotopic (exact) mass is 338 g/mol. The highest BCUT2D eigenvalue weighted by atomic mass is 35.5. The summed E-state index contributed by atoms with van der Waals surface area (Å²) in [5.74, 6) is 0.674. The molecule has 0 aliphatic rings. The summed E-state index contributed by atoms with van der Waals surface area (Å²) >= 11 is 6.76. The Hall–Kier alpha value is -0.830. The predicted molar refractivity (Wildman–Crippen MR) is 84.2 cm³/mol. The lowest BCUT2D eigenvalue weighted by molar-refractivity contribution is 0.584. The molecule has 0 atom stereocenters. The fourth-order valence-electron chi connectivity index (χ4n) is 1.37. The fraction of sp³-hybridized carbons (Fsp3) is 0.545. The summed E-state index contributed by atoms with van der Waals surface area (Å²) in [6.07, 6.45) is 0. The number of guanidine groups is 1. The van der Waals surface area contributed by atoms with Gasteiger partial charge in [0.2, 0.25) is 10.0 Å². The first kappa shape index (κ1) is 17.2. The molecule has 1 heterocycles. The normalized spacial score (nSPS) is 11.2. The third-order valence-electron chi connectivity index (χ3n) is 2.18. The van der Waals surface area contributed by atoms with E-state index in [9.17, 15) is 8.42 Å². The molecule has 1 aromatic rings. The minimum absolute atomic E-state index is 0.213. The van der Waals surface area contributed by atoms with Gasteiger partial charge in [-0.15, -0.1) is 11.3 Å². The Morgan fingerprint density at radius 3 is 2.45 bits per heavy atom. The minimum atomic E-state index is -3.49. The number of thiophene rings is 1. The summed E-state index contributed by atoms with van der Waals surface area (Å²) in [4.78, 5) is 4.25. The standard InChI is InChI=1S/C11H19ClN4O2S2/c1-3-13-11(14-4-2)15-7-8-16-20(17,18)10-6-5-9(12)19-10/h5-6,16H,3-4,7-8H2,1-2H3,(H2,13,14,15). The number of hydrogen-bond acceptors (Lipinski definition) is 4. The Balaban J connectivity index is 2.49. The summed E-state index contributed by atoms with van der Waals surface area (Å²) in [7, 11) is -3.49. The van der Waals surface area contributed by atoms with Gasteiger partial charge in [0, 0.05) is 19.6 Å². The Kier molecular flexibility index (Phi) is 7.28. The van der Waals surface area contributed by atoms with Gasteiger partial charge < -0.3 is 10.6 Å². The van der Waals surface area contributed by atoms with Crippen molar-refractivity contribution < 1.29 is 8.42 Å². The van der Waals surface area contributed by atoms with Crippen LogP contribution in [-0.2, 0) is 10.0 Å². The van der Waals surface area contributed by atoms with Crippen molar-refractivity contribution >= 4 is 38.9 Å². The maximum absolute atomic E-state index is 11.9. The van der Waals surface area contributed by atoms with Gasteiger partial charge in [-0.2, -0.15) is 0 Å². The molecule has 0 aliphatic carbocycles. The zero-order valence-corrected chi connectivity index (χ0v) is 13.8. The molecule has 0 spiro atoms. The highest BCUT2D eigenvalue weighted by Gasteiger charge is 2.15. The fourth-order valence-corrected chi connectivity index (χ4v) is 3.92. The van der Waals surface area contributed by atoms with Gasteiger partial charge in [-0.1, -0.05) is 11.6 Å². The maximum atomic E-state index is 11.9. The molecular formula is C11H19ClN4O2S2. The third-order valence-corrected chi connectivity index (χ3v) is 5.36. The molecule has 0 radical (unpaired) electrons. The Bertz CT molecular complexity index is 534. The quantitative estimate of drug-likeness (QED) is 0.397. The van der Waals surface area contributed by atoms with Crippen LogP contribution in [-0.4, -0.2) is 40.6 Å². The molecule has 0 fully saturated rings.